The van der Waals surface area contributed by atoms with E-state index in [-0.39, 0.29) is 0 Å². The van der Waals surface area contributed by atoms with Gasteiger partial charge in [0.2, 0.25) is 0 Å². The SMILES string of the molecule is c1ccc(-c2cccc(-c3nc(-c4cccc5oc6ccccc6c45)nc(-c4cc(-n5c6ccccc6c6cc7ccccc7cc65)cc5oc6ccccc6c45)n3)c2)cc1. The lowest BCUT2D eigenvalue weighted by Gasteiger charge is -2.13. The Kier molecular flexibility index (Phi) is 7.21. The van der Waals surface area contributed by atoms with Gasteiger partial charge in [0, 0.05) is 55.1 Å². The van der Waals surface area contributed by atoms with Gasteiger partial charge in [0.1, 0.15) is 22.3 Å². The summed E-state index contributed by atoms with van der Waals surface area (Å²) in [5, 5.41) is 8.64. The Bertz CT molecular complexity index is 3900. The molecule has 0 N–H and O–H groups in total. The molecule has 0 aliphatic heterocycles. The van der Waals surface area contributed by atoms with E-state index in [0.717, 1.165) is 88.4 Å². The molecule has 0 amide bonds. The maximum atomic E-state index is 6.74. The van der Waals surface area contributed by atoms with Crippen LogP contribution in [0.15, 0.2) is 203 Å². The summed E-state index contributed by atoms with van der Waals surface area (Å²) in [6, 6.07) is 67.4. The predicted molar refractivity (Wildman–Crippen MR) is 248 cm³/mol. The zero-order valence-corrected chi connectivity index (χ0v) is 32.6. The topological polar surface area (TPSA) is 69.9 Å². The second-order valence-corrected chi connectivity index (χ2v) is 15.6. The molecule has 13 aromatic rings. The molecular weight excluding hydrogens is 749 g/mol. The van der Waals surface area contributed by atoms with E-state index in [1.165, 1.54) is 21.5 Å². The largest absolute Gasteiger partial charge is 0.456 e. The molecule has 6 heteroatoms. The van der Waals surface area contributed by atoms with Crippen molar-refractivity contribution in [2.24, 2.45) is 0 Å². The lowest BCUT2D eigenvalue weighted by Crippen LogP contribution is -2.02. The van der Waals surface area contributed by atoms with Crippen LogP contribution in [-0.4, -0.2) is 19.5 Å². The molecule has 0 aliphatic rings. The summed E-state index contributed by atoms with van der Waals surface area (Å²) in [5.41, 5.74) is 11.1. The van der Waals surface area contributed by atoms with Crippen molar-refractivity contribution in [2.75, 3.05) is 0 Å². The van der Waals surface area contributed by atoms with Gasteiger partial charge in [-0.3, -0.25) is 0 Å². The standard InChI is InChI=1S/C55H32N4O2/c1-2-14-33(15-3-1)34-18-12-19-37(28-34)53-56-54(42-23-13-27-49-51(42)40-21-7-10-25-47(40)60-49)58-55(57-53)44-31-38(32-50-52(44)41-22-8-11-26-48(41)61-50)59-45-24-9-6-20-39(45)43-29-35-16-4-5-17-36(35)30-46(43)59/h1-32H. The molecule has 0 unspecified atom stereocenters. The molecule has 0 fully saturated rings. The molecule has 0 radical (unpaired) electrons. The molecule has 0 aliphatic carbocycles. The molecular formula is C55H32N4O2. The van der Waals surface area contributed by atoms with Crippen molar-refractivity contribution in [3.63, 3.8) is 0 Å². The summed E-state index contributed by atoms with van der Waals surface area (Å²) in [4.78, 5) is 16.1. The van der Waals surface area contributed by atoms with Gasteiger partial charge in [-0.15, -0.1) is 0 Å². The third-order valence-corrected chi connectivity index (χ3v) is 12.0. The minimum absolute atomic E-state index is 0.541. The minimum atomic E-state index is 0.541. The molecule has 0 saturated heterocycles. The number of furan rings is 2. The Morgan fingerprint density at radius 3 is 1.70 bits per heavy atom. The van der Waals surface area contributed by atoms with E-state index in [4.69, 9.17) is 23.8 Å². The molecule has 0 saturated carbocycles. The number of fused-ring (bicyclic) bond motifs is 10. The Balaban J connectivity index is 1.13. The predicted octanol–water partition coefficient (Wildman–Crippen LogP) is 14.6. The van der Waals surface area contributed by atoms with Crippen molar-refractivity contribution in [3.8, 4) is 51.0 Å². The normalized spacial score (nSPS) is 11.9. The third-order valence-electron chi connectivity index (χ3n) is 12.0. The van der Waals surface area contributed by atoms with Crippen molar-refractivity contribution in [1.29, 1.82) is 0 Å². The van der Waals surface area contributed by atoms with Crippen LogP contribution in [0, 0.1) is 0 Å². The summed E-state index contributed by atoms with van der Waals surface area (Å²) < 4.78 is 15.5. The average molecular weight is 781 g/mol. The first-order valence-electron chi connectivity index (χ1n) is 20.4. The van der Waals surface area contributed by atoms with Gasteiger partial charge in [-0.25, -0.2) is 15.0 Å². The molecule has 0 bridgehead atoms. The van der Waals surface area contributed by atoms with Crippen LogP contribution in [0.4, 0.5) is 0 Å². The van der Waals surface area contributed by atoms with Crippen molar-refractivity contribution >= 4 is 76.5 Å². The molecule has 0 spiro atoms. The van der Waals surface area contributed by atoms with Crippen molar-refractivity contribution in [2.45, 2.75) is 0 Å². The average Bonchev–Trinajstić information content (AvgIpc) is 4.00. The molecule has 61 heavy (non-hydrogen) atoms. The maximum absolute atomic E-state index is 6.74. The van der Waals surface area contributed by atoms with Crippen LogP contribution in [0.5, 0.6) is 0 Å². The summed E-state index contributed by atoms with van der Waals surface area (Å²) in [6.07, 6.45) is 0. The number of nitrogens with zero attached hydrogens (tertiary/aromatic N) is 4. The highest BCUT2D eigenvalue weighted by Gasteiger charge is 2.23. The molecule has 0 atom stereocenters. The molecule has 9 aromatic carbocycles. The monoisotopic (exact) mass is 780 g/mol. The van der Waals surface area contributed by atoms with Gasteiger partial charge in [-0.2, -0.15) is 0 Å². The van der Waals surface area contributed by atoms with Crippen molar-refractivity contribution in [1.82, 2.24) is 19.5 Å². The lowest BCUT2D eigenvalue weighted by molar-refractivity contribution is 0.668. The minimum Gasteiger partial charge on any atom is -0.456 e. The summed E-state index contributed by atoms with van der Waals surface area (Å²) in [5.74, 6) is 1.66. The lowest BCUT2D eigenvalue weighted by atomic mass is 10.0. The fourth-order valence-electron chi connectivity index (χ4n) is 9.25. The maximum Gasteiger partial charge on any atom is 0.164 e. The zero-order chi connectivity index (χ0) is 40.0. The van der Waals surface area contributed by atoms with Crippen LogP contribution in [0.1, 0.15) is 0 Å². The first-order valence-corrected chi connectivity index (χ1v) is 20.4. The van der Waals surface area contributed by atoms with E-state index in [0.29, 0.717) is 17.5 Å². The number of benzene rings is 9. The van der Waals surface area contributed by atoms with Gasteiger partial charge >= 0.3 is 0 Å². The Morgan fingerprint density at radius 1 is 0.328 bits per heavy atom. The fraction of sp³-hybridized carbons (Fsp3) is 0. The number of hydrogen-bond acceptors (Lipinski definition) is 5. The van der Waals surface area contributed by atoms with E-state index in [2.05, 4.69) is 150 Å². The second-order valence-electron chi connectivity index (χ2n) is 15.6. The van der Waals surface area contributed by atoms with E-state index >= 15 is 0 Å². The summed E-state index contributed by atoms with van der Waals surface area (Å²) >= 11 is 0. The van der Waals surface area contributed by atoms with Crippen LogP contribution >= 0.6 is 0 Å². The van der Waals surface area contributed by atoms with Gasteiger partial charge in [-0.05, 0) is 70.4 Å². The van der Waals surface area contributed by atoms with Crippen LogP contribution in [0.25, 0.3) is 127 Å². The van der Waals surface area contributed by atoms with Crippen LogP contribution < -0.4 is 0 Å². The summed E-state index contributed by atoms with van der Waals surface area (Å²) in [7, 11) is 0. The van der Waals surface area contributed by atoms with E-state index in [1.807, 2.05) is 48.5 Å². The highest BCUT2D eigenvalue weighted by molar-refractivity contribution is 6.16. The van der Waals surface area contributed by atoms with Gasteiger partial charge < -0.3 is 13.4 Å². The third kappa shape index (κ3) is 5.26. The molecule has 4 aromatic heterocycles. The van der Waals surface area contributed by atoms with E-state index < -0.39 is 0 Å². The van der Waals surface area contributed by atoms with Gasteiger partial charge in [0.15, 0.2) is 17.5 Å². The Morgan fingerprint density at radius 2 is 0.902 bits per heavy atom. The van der Waals surface area contributed by atoms with E-state index in [9.17, 15) is 0 Å². The highest BCUT2D eigenvalue weighted by atomic mass is 16.3. The number of para-hydroxylation sites is 3. The smallest absolute Gasteiger partial charge is 0.164 e. The van der Waals surface area contributed by atoms with Crippen LogP contribution in [0.3, 0.4) is 0 Å². The molecule has 284 valence electrons. The van der Waals surface area contributed by atoms with Gasteiger partial charge in [0.05, 0.1) is 16.7 Å². The number of rotatable bonds is 5. The first-order chi connectivity index (χ1) is 30.2. The van der Waals surface area contributed by atoms with Crippen LogP contribution in [-0.2, 0) is 0 Å². The van der Waals surface area contributed by atoms with E-state index in [1.54, 1.807) is 0 Å². The quantitative estimate of drug-likeness (QED) is 0.174. The zero-order valence-electron chi connectivity index (χ0n) is 32.6. The van der Waals surface area contributed by atoms with Crippen molar-refractivity contribution < 1.29 is 8.83 Å². The number of aromatic nitrogens is 4. The van der Waals surface area contributed by atoms with Gasteiger partial charge in [-0.1, -0.05) is 140 Å². The highest BCUT2D eigenvalue weighted by Crippen LogP contribution is 2.43. The number of hydrogen-bond donors (Lipinski definition) is 0. The van der Waals surface area contributed by atoms with Crippen molar-refractivity contribution in [3.05, 3.63) is 194 Å². The molecule has 13 rings (SSSR count). The van der Waals surface area contributed by atoms with Gasteiger partial charge in [0.25, 0.3) is 0 Å². The molecule has 4 heterocycles. The Hall–Kier alpha value is -8.35. The Labute approximate surface area is 348 Å². The summed E-state index contributed by atoms with van der Waals surface area (Å²) in [6.45, 7) is 0. The van der Waals surface area contributed by atoms with Crippen LogP contribution in [0.2, 0.25) is 0 Å². The first kappa shape index (κ1) is 33.6. The fourth-order valence-corrected chi connectivity index (χ4v) is 9.25. The second kappa shape index (κ2) is 13.1. The molecule has 6 nitrogen and oxygen atoms in total.